The second-order valence-electron chi connectivity index (χ2n) is 5.13. The Balaban J connectivity index is 2.36. The smallest absolute Gasteiger partial charge is 0.257 e. The van der Waals surface area contributed by atoms with Gasteiger partial charge in [0.15, 0.2) is 0 Å². The monoisotopic (exact) mass is 287 g/mol. The first-order valence-electron chi connectivity index (χ1n) is 6.66. The lowest BCUT2D eigenvalue weighted by Gasteiger charge is -2.16. The van der Waals surface area contributed by atoms with Crippen molar-refractivity contribution in [3.63, 3.8) is 0 Å². The fourth-order valence-corrected chi connectivity index (χ4v) is 2.39. The van der Waals surface area contributed by atoms with Gasteiger partial charge in [-0.2, -0.15) is 0 Å². The molecule has 0 saturated carbocycles. The molecule has 0 bridgehead atoms. The lowest BCUT2D eigenvalue weighted by atomic mass is 9.98. The second kappa shape index (κ2) is 6.10. The molecular weight excluding hydrogens is 270 g/mol. The number of halogens is 1. The van der Waals surface area contributed by atoms with E-state index in [1.807, 2.05) is 37.3 Å². The van der Waals surface area contributed by atoms with Crippen LogP contribution in [0.1, 0.15) is 41.3 Å². The Morgan fingerprint density at radius 2 is 1.80 bits per heavy atom. The molecule has 0 fully saturated rings. The first kappa shape index (κ1) is 14.6. The highest BCUT2D eigenvalue weighted by atomic mass is 35.5. The van der Waals surface area contributed by atoms with Gasteiger partial charge in [0.1, 0.15) is 0 Å². The summed E-state index contributed by atoms with van der Waals surface area (Å²) < 4.78 is 0. The second-order valence-corrected chi connectivity index (χ2v) is 5.54. The van der Waals surface area contributed by atoms with Crippen molar-refractivity contribution in [3.8, 4) is 0 Å². The Morgan fingerprint density at radius 3 is 2.45 bits per heavy atom. The van der Waals surface area contributed by atoms with Crippen molar-refractivity contribution >= 4 is 23.2 Å². The summed E-state index contributed by atoms with van der Waals surface area (Å²) in [5.74, 6) is 0.170. The number of hydrogen-bond donors (Lipinski definition) is 1. The molecule has 2 nitrogen and oxygen atoms in total. The molecule has 1 N–H and O–H groups in total. The summed E-state index contributed by atoms with van der Waals surface area (Å²) in [6.45, 7) is 6.22. The molecular formula is C17H18ClNO. The van der Waals surface area contributed by atoms with E-state index in [2.05, 4.69) is 19.2 Å². The normalized spacial score (nSPS) is 10.7. The molecule has 20 heavy (non-hydrogen) atoms. The topological polar surface area (TPSA) is 29.1 Å². The van der Waals surface area contributed by atoms with Crippen LogP contribution in [0.2, 0.25) is 5.02 Å². The summed E-state index contributed by atoms with van der Waals surface area (Å²) in [4.78, 5) is 12.4. The molecule has 0 saturated heterocycles. The molecule has 1 amide bonds. The van der Waals surface area contributed by atoms with E-state index in [-0.39, 0.29) is 5.91 Å². The maximum Gasteiger partial charge on any atom is 0.257 e. The molecule has 3 heteroatoms. The minimum atomic E-state index is -0.174. The average Bonchev–Trinajstić information content (AvgIpc) is 2.41. The number of benzene rings is 2. The van der Waals surface area contributed by atoms with Crippen molar-refractivity contribution in [2.24, 2.45) is 0 Å². The molecule has 0 unspecified atom stereocenters. The third-order valence-corrected chi connectivity index (χ3v) is 3.61. The third-order valence-electron chi connectivity index (χ3n) is 3.28. The van der Waals surface area contributed by atoms with Crippen LogP contribution in [0.25, 0.3) is 0 Å². The van der Waals surface area contributed by atoms with Crippen molar-refractivity contribution in [1.29, 1.82) is 0 Å². The summed E-state index contributed by atoms with van der Waals surface area (Å²) in [6, 6.07) is 13.1. The number of para-hydroxylation sites is 1. The van der Waals surface area contributed by atoms with E-state index in [1.54, 1.807) is 12.1 Å². The number of amides is 1. The molecule has 0 aromatic heterocycles. The van der Waals surface area contributed by atoms with Crippen LogP contribution in [0.5, 0.6) is 0 Å². The van der Waals surface area contributed by atoms with Crippen LogP contribution in [0.3, 0.4) is 0 Å². The van der Waals surface area contributed by atoms with Crippen molar-refractivity contribution < 1.29 is 4.79 Å². The van der Waals surface area contributed by atoms with Crippen molar-refractivity contribution in [3.05, 3.63) is 64.2 Å². The predicted octanol–water partition coefficient (Wildman–Crippen LogP) is 5.02. The molecule has 0 atom stereocenters. The first-order valence-corrected chi connectivity index (χ1v) is 7.04. The van der Waals surface area contributed by atoms with Crippen LogP contribution in [-0.4, -0.2) is 5.91 Å². The quantitative estimate of drug-likeness (QED) is 0.843. The number of hydrogen-bond acceptors (Lipinski definition) is 1. The number of aryl methyl sites for hydroxylation is 1. The zero-order valence-electron chi connectivity index (χ0n) is 11.9. The summed E-state index contributed by atoms with van der Waals surface area (Å²) >= 11 is 6.07. The lowest BCUT2D eigenvalue weighted by Crippen LogP contribution is -2.15. The Hall–Kier alpha value is -1.80. The number of rotatable bonds is 3. The van der Waals surface area contributed by atoms with Crippen LogP contribution in [0.4, 0.5) is 5.69 Å². The van der Waals surface area contributed by atoms with Crippen molar-refractivity contribution in [2.75, 3.05) is 5.32 Å². The Bertz CT molecular complexity index is 635. The van der Waals surface area contributed by atoms with Crippen LogP contribution in [0, 0.1) is 6.92 Å². The highest BCUT2D eigenvalue weighted by molar-refractivity contribution is 6.34. The van der Waals surface area contributed by atoms with Crippen molar-refractivity contribution in [2.45, 2.75) is 26.7 Å². The highest BCUT2D eigenvalue weighted by Crippen LogP contribution is 2.28. The fraction of sp³-hybridized carbons (Fsp3) is 0.235. The SMILES string of the molecule is Cc1cccc(C(C)C)c1NC(=O)c1ccccc1Cl. The Kier molecular flexibility index (Phi) is 4.46. The van der Waals surface area contributed by atoms with Crippen molar-refractivity contribution in [1.82, 2.24) is 0 Å². The number of anilines is 1. The summed E-state index contributed by atoms with van der Waals surface area (Å²) in [5, 5.41) is 3.46. The van der Waals surface area contributed by atoms with Gasteiger partial charge in [0.2, 0.25) is 0 Å². The maximum atomic E-state index is 12.4. The van der Waals surface area contributed by atoms with E-state index in [0.29, 0.717) is 16.5 Å². The van der Waals surface area contributed by atoms with E-state index in [1.165, 1.54) is 0 Å². The number of nitrogens with one attached hydrogen (secondary N) is 1. The zero-order valence-corrected chi connectivity index (χ0v) is 12.7. The van der Waals surface area contributed by atoms with Crippen LogP contribution in [0.15, 0.2) is 42.5 Å². The van der Waals surface area contributed by atoms with Gasteiger partial charge in [-0.25, -0.2) is 0 Å². The molecule has 0 radical (unpaired) electrons. The van der Waals surface area contributed by atoms with E-state index in [9.17, 15) is 4.79 Å². The zero-order chi connectivity index (χ0) is 14.7. The van der Waals surface area contributed by atoms with Crippen LogP contribution in [-0.2, 0) is 0 Å². The number of carbonyl (C=O) groups excluding carboxylic acids is 1. The van der Waals surface area contributed by atoms with Gasteiger partial charge in [0.25, 0.3) is 5.91 Å². The van der Waals surface area contributed by atoms with Crippen LogP contribution < -0.4 is 5.32 Å². The highest BCUT2D eigenvalue weighted by Gasteiger charge is 2.14. The fourth-order valence-electron chi connectivity index (χ4n) is 2.17. The Morgan fingerprint density at radius 1 is 1.10 bits per heavy atom. The number of carbonyl (C=O) groups is 1. The van der Waals surface area contributed by atoms with Gasteiger partial charge in [0, 0.05) is 5.69 Å². The predicted molar refractivity (Wildman–Crippen MR) is 84.7 cm³/mol. The molecule has 0 aliphatic carbocycles. The van der Waals surface area contributed by atoms with E-state index >= 15 is 0 Å². The minimum Gasteiger partial charge on any atom is -0.321 e. The first-order chi connectivity index (χ1) is 9.50. The van der Waals surface area contributed by atoms with Gasteiger partial charge in [-0.15, -0.1) is 0 Å². The van der Waals surface area contributed by atoms with Gasteiger partial charge in [-0.05, 0) is 36.1 Å². The van der Waals surface area contributed by atoms with E-state index < -0.39 is 0 Å². The van der Waals surface area contributed by atoms with Gasteiger partial charge in [-0.3, -0.25) is 4.79 Å². The van der Waals surface area contributed by atoms with Crippen LogP contribution >= 0.6 is 11.6 Å². The standard InChI is InChI=1S/C17H18ClNO/c1-11(2)13-9-6-7-12(3)16(13)19-17(20)14-8-4-5-10-15(14)18/h4-11H,1-3H3,(H,19,20). The lowest BCUT2D eigenvalue weighted by molar-refractivity contribution is 0.102. The Labute approximate surface area is 124 Å². The summed E-state index contributed by atoms with van der Waals surface area (Å²) in [5.41, 5.74) is 3.56. The molecule has 0 spiro atoms. The molecule has 0 aliphatic rings. The van der Waals surface area contributed by atoms with E-state index in [4.69, 9.17) is 11.6 Å². The average molecular weight is 288 g/mol. The molecule has 2 aromatic rings. The largest absolute Gasteiger partial charge is 0.321 e. The van der Waals surface area contributed by atoms with E-state index in [0.717, 1.165) is 16.8 Å². The van der Waals surface area contributed by atoms with Gasteiger partial charge >= 0.3 is 0 Å². The molecule has 0 aliphatic heterocycles. The molecule has 2 rings (SSSR count). The minimum absolute atomic E-state index is 0.174. The van der Waals surface area contributed by atoms with Gasteiger partial charge in [0.05, 0.1) is 10.6 Å². The summed E-state index contributed by atoms with van der Waals surface area (Å²) in [7, 11) is 0. The third kappa shape index (κ3) is 3.02. The summed E-state index contributed by atoms with van der Waals surface area (Å²) in [6.07, 6.45) is 0. The maximum absolute atomic E-state index is 12.4. The molecule has 0 heterocycles. The molecule has 2 aromatic carbocycles. The molecule has 104 valence electrons. The van der Waals surface area contributed by atoms with Gasteiger partial charge < -0.3 is 5.32 Å². The van der Waals surface area contributed by atoms with Gasteiger partial charge in [-0.1, -0.05) is 55.8 Å².